The van der Waals surface area contributed by atoms with Crippen molar-refractivity contribution in [1.82, 2.24) is 15.0 Å². The second kappa shape index (κ2) is 6.43. The van der Waals surface area contributed by atoms with Crippen molar-refractivity contribution in [3.05, 3.63) is 17.3 Å². The third-order valence-corrected chi connectivity index (χ3v) is 4.01. The van der Waals surface area contributed by atoms with Crippen molar-refractivity contribution in [2.24, 2.45) is 0 Å². The van der Waals surface area contributed by atoms with Gasteiger partial charge in [-0.25, -0.2) is 9.97 Å². The molecule has 0 aromatic carbocycles. The number of aromatic nitrogens is 3. The molecular weight excluding hydrogens is 286 g/mol. The van der Waals surface area contributed by atoms with Gasteiger partial charge in [-0.3, -0.25) is 0 Å². The highest BCUT2D eigenvalue weighted by Crippen LogP contribution is 2.28. The van der Waals surface area contributed by atoms with E-state index in [4.69, 9.17) is 17.3 Å². The van der Waals surface area contributed by atoms with Gasteiger partial charge in [-0.1, -0.05) is 38.3 Å². The Labute approximate surface area is 130 Å². The van der Waals surface area contributed by atoms with E-state index in [9.17, 15) is 0 Å². The molecule has 3 N–H and O–H groups in total. The molecule has 0 aliphatic carbocycles. The first-order chi connectivity index (χ1) is 9.97. The number of pyridine rings is 1. The minimum absolute atomic E-state index is 0.0367. The van der Waals surface area contributed by atoms with E-state index in [2.05, 4.69) is 41.0 Å². The Morgan fingerprint density at radius 3 is 2.76 bits per heavy atom. The van der Waals surface area contributed by atoms with Gasteiger partial charge >= 0.3 is 0 Å². The summed E-state index contributed by atoms with van der Waals surface area (Å²) >= 11 is 5.97. The van der Waals surface area contributed by atoms with Crippen LogP contribution in [0.2, 0.25) is 5.02 Å². The largest absolute Gasteiger partial charge is 0.368 e. The summed E-state index contributed by atoms with van der Waals surface area (Å²) in [6.07, 6.45) is 5.99. The third kappa shape index (κ3) is 3.73. The number of hydrogen-bond acceptors (Lipinski definition) is 5. The van der Waals surface area contributed by atoms with Crippen molar-refractivity contribution in [2.75, 3.05) is 11.1 Å². The molecule has 0 spiro atoms. The van der Waals surface area contributed by atoms with Crippen LogP contribution < -0.4 is 11.1 Å². The fourth-order valence-corrected chi connectivity index (χ4v) is 2.43. The monoisotopic (exact) mass is 307 g/mol. The summed E-state index contributed by atoms with van der Waals surface area (Å²) in [6.45, 7) is 6.56. The fourth-order valence-electron chi connectivity index (χ4n) is 2.28. The van der Waals surface area contributed by atoms with E-state index < -0.39 is 0 Å². The average Bonchev–Trinajstić information content (AvgIpc) is 2.44. The standard InChI is InChI=1S/C15H22ClN5/c1-4-6-7-15(3,5-2)21-13-12-11(19-14(17)20-13)8-10(16)9-18-12/h8-9H,4-7H2,1-3H3,(H3,17,19,20,21)/t15-/m1/s1. The zero-order valence-corrected chi connectivity index (χ0v) is 13.5. The summed E-state index contributed by atoms with van der Waals surface area (Å²) in [5.41, 5.74) is 7.12. The molecule has 114 valence electrons. The lowest BCUT2D eigenvalue weighted by molar-refractivity contribution is 0.438. The predicted octanol–water partition coefficient (Wildman–Crippen LogP) is 4.03. The van der Waals surface area contributed by atoms with Crippen LogP contribution in [0, 0.1) is 0 Å². The fraction of sp³-hybridized carbons (Fsp3) is 0.533. The Morgan fingerprint density at radius 1 is 1.33 bits per heavy atom. The molecule has 5 nitrogen and oxygen atoms in total. The van der Waals surface area contributed by atoms with E-state index in [1.807, 2.05) is 0 Å². The number of halogens is 1. The number of rotatable bonds is 6. The highest BCUT2D eigenvalue weighted by molar-refractivity contribution is 6.31. The topological polar surface area (TPSA) is 76.7 Å². The van der Waals surface area contributed by atoms with E-state index in [0.717, 1.165) is 25.7 Å². The smallest absolute Gasteiger partial charge is 0.222 e. The lowest BCUT2D eigenvalue weighted by atomic mass is 9.92. The molecular formula is C15H22ClN5. The van der Waals surface area contributed by atoms with Gasteiger partial charge in [0.25, 0.3) is 0 Å². The van der Waals surface area contributed by atoms with Crippen molar-refractivity contribution in [3.63, 3.8) is 0 Å². The Morgan fingerprint density at radius 2 is 2.10 bits per heavy atom. The van der Waals surface area contributed by atoms with Gasteiger partial charge in [-0.15, -0.1) is 0 Å². The van der Waals surface area contributed by atoms with Gasteiger partial charge in [-0.2, -0.15) is 4.98 Å². The molecule has 0 fully saturated rings. The number of nitrogens with two attached hydrogens (primary N) is 1. The molecule has 0 amide bonds. The summed E-state index contributed by atoms with van der Waals surface area (Å²) in [4.78, 5) is 12.9. The molecule has 2 heterocycles. The summed E-state index contributed by atoms with van der Waals surface area (Å²) in [5.74, 6) is 0.901. The first-order valence-corrected chi connectivity index (χ1v) is 7.72. The number of anilines is 2. The minimum atomic E-state index is -0.0367. The maximum atomic E-state index is 5.97. The molecule has 2 rings (SSSR count). The van der Waals surface area contributed by atoms with E-state index in [-0.39, 0.29) is 11.5 Å². The van der Waals surface area contributed by atoms with Gasteiger partial charge in [0.2, 0.25) is 5.95 Å². The number of hydrogen-bond donors (Lipinski definition) is 2. The van der Waals surface area contributed by atoms with Crippen molar-refractivity contribution >= 4 is 34.4 Å². The normalized spacial score (nSPS) is 14.1. The Hall–Kier alpha value is -1.62. The van der Waals surface area contributed by atoms with Gasteiger partial charge in [0.05, 0.1) is 10.5 Å². The summed E-state index contributed by atoms with van der Waals surface area (Å²) in [5, 5.41) is 4.04. The maximum Gasteiger partial charge on any atom is 0.222 e. The van der Waals surface area contributed by atoms with Crippen molar-refractivity contribution < 1.29 is 0 Å². The third-order valence-electron chi connectivity index (χ3n) is 3.80. The number of unbranched alkanes of at least 4 members (excludes halogenated alkanes) is 1. The van der Waals surface area contributed by atoms with Crippen LogP contribution in [0.5, 0.6) is 0 Å². The molecule has 21 heavy (non-hydrogen) atoms. The Bertz CT molecular complexity index is 625. The van der Waals surface area contributed by atoms with Crippen LogP contribution >= 0.6 is 11.6 Å². The molecule has 0 aliphatic heterocycles. The summed E-state index contributed by atoms with van der Waals surface area (Å²) < 4.78 is 0. The van der Waals surface area contributed by atoms with Crippen molar-refractivity contribution in [2.45, 2.75) is 52.0 Å². The van der Waals surface area contributed by atoms with Crippen molar-refractivity contribution in [3.8, 4) is 0 Å². The quantitative estimate of drug-likeness (QED) is 0.842. The van der Waals surface area contributed by atoms with Gasteiger partial charge in [-0.05, 0) is 25.8 Å². The second-order valence-electron chi connectivity index (χ2n) is 5.59. The van der Waals surface area contributed by atoms with Crippen LogP contribution in [0.15, 0.2) is 12.3 Å². The van der Waals surface area contributed by atoms with Gasteiger partial charge in [0.1, 0.15) is 5.52 Å². The number of nitrogens with zero attached hydrogens (tertiary/aromatic N) is 3. The zero-order chi connectivity index (χ0) is 15.5. The first kappa shape index (κ1) is 15.8. The Balaban J connectivity index is 2.41. The van der Waals surface area contributed by atoms with Gasteiger partial charge < -0.3 is 11.1 Å². The molecule has 0 radical (unpaired) electrons. The van der Waals surface area contributed by atoms with Crippen LogP contribution in [0.3, 0.4) is 0 Å². The maximum absolute atomic E-state index is 5.97. The van der Waals surface area contributed by atoms with Crippen molar-refractivity contribution in [1.29, 1.82) is 0 Å². The lowest BCUT2D eigenvalue weighted by Crippen LogP contribution is -2.34. The molecule has 0 aliphatic rings. The molecule has 0 bridgehead atoms. The lowest BCUT2D eigenvalue weighted by Gasteiger charge is -2.30. The molecule has 2 aromatic heterocycles. The highest BCUT2D eigenvalue weighted by atomic mass is 35.5. The van der Waals surface area contributed by atoms with Gasteiger partial charge in [0.15, 0.2) is 5.82 Å². The number of nitrogens with one attached hydrogen (secondary N) is 1. The second-order valence-corrected chi connectivity index (χ2v) is 6.03. The molecule has 0 saturated carbocycles. The molecule has 6 heteroatoms. The SMILES string of the molecule is CCCC[C@@](C)(CC)Nc1nc(N)nc2cc(Cl)cnc12. The highest BCUT2D eigenvalue weighted by Gasteiger charge is 2.23. The van der Waals surface area contributed by atoms with E-state index >= 15 is 0 Å². The molecule has 2 aromatic rings. The molecule has 0 saturated heterocycles. The van der Waals surface area contributed by atoms with Crippen LogP contribution in [0.1, 0.15) is 46.5 Å². The number of fused-ring (bicyclic) bond motifs is 1. The summed E-state index contributed by atoms with van der Waals surface area (Å²) in [6, 6.07) is 1.75. The van der Waals surface area contributed by atoms with Crippen LogP contribution in [-0.2, 0) is 0 Å². The first-order valence-electron chi connectivity index (χ1n) is 7.34. The Kier molecular flexibility index (Phi) is 4.83. The zero-order valence-electron chi connectivity index (χ0n) is 12.8. The minimum Gasteiger partial charge on any atom is -0.368 e. The summed E-state index contributed by atoms with van der Waals surface area (Å²) in [7, 11) is 0. The molecule has 1 atom stereocenters. The van der Waals surface area contributed by atoms with Crippen LogP contribution in [-0.4, -0.2) is 20.5 Å². The van der Waals surface area contributed by atoms with Crippen LogP contribution in [0.25, 0.3) is 11.0 Å². The number of nitrogen functional groups attached to an aromatic ring is 1. The van der Waals surface area contributed by atoms with E-state index in [1.54, 1.807) is 12.3 Å². The van der Waals surface area contributed by atoms with E-state index in [0.29, 0.717) is 21.9 Å². The van der Waals surface area contributed by atoms with Crippen LogP contribution in [0.4, 0.5) is 11.8 Å². The average molecular weight is 308 g/mol. The van der Waals surface area contributed by atoms with Gasteiger partial charge in [0, 0.05) is 11.7 Å². The van der Waals surface area contributed by atoms with E-state index in [1.165, 1.54) is 0 Å². The molecule has 0 unspecified atom stereocenters. The predicted molar refractivity (Wildman–Crippen MR) is 88.6 cm³/mol.